The van der Waals surface area contributed by atoms with Crippen LogP contribution in [-0.2, 0) is 4.79 Å². The lowest BCUT2D eigenvalue weighted by molar-refractivity contribution is -0.117. The third-order valence-corrected chi connectivity index (χ3v) is 3.14. The summed E-state index contributed by atoms with van der Waals surface area (Å²) in [6, 6.07) is 7.98. The monoisotopic (exact) mass is 233 g/mol. The zero-order valence-electron chi connectivity index (χ0n) is 10.4. The number of rotatable bonds is 1. The number of amides is 1. The minimum absolute atomic E-state index is 0.0143. The molecule has 1 aliphatic rings. The number of carbonyl (C=O) groups excluding carboxylic acids is 1. The average molecular weight is 233 g/mol. The molecule has 0 fully saturated rings. The molecule has 1 aliphatic heterocycles. The van der Waals surface area contributed by atoms with Crippen LogP contribution < -0.4 is 15.5 Å². The molecule has 0 saturated carbocycles. The minimum atomic E-state index is -0.0143. The van der Waals surface area contributed by atoms with Crippen molar-refractivity contribution in [1.29, 1.82) is 0 Å². The van der Waals surface area contributed by atoms with Gasteiger partial charge in [0.25, 0.3) is 0 Å². The molecule has 0 aromatic heterocycles. The first-order valence-corrected chi connectivity index (χ1v) is 5.94. The van der Waals surface area contributed by atoms with Gasteiger partial charge in [0, 0.05) is 20.1 Å². The largest absolute Gasteiger partial charge is 0.373 e. The quantitative estimate of drug-likeness (QED) is 0.789. The van der Waals surface area contributed by atoms with E-state index in [4.69, 9.17) is 5.73 Å². The number of anilines is 2. The van der Waals surface area contributed by atoms with E-state index in [1.807, 2.05) is 29.2 Å². The second kappa shape index (κ2) is 4.75. The fourth-order valence-electron chi connectivity index (χ4n) is 2.40. The van der Waals surface area contributed by atoms with Crippen LogP contribution in [0.2, 0.25) is 0 Å². The van der Waals surface area contributed by atoms with Crippen molar-refractivity contribution in [3.05, 3.63) is 24.3 Å². The van der Waals surface area contributed by atoms with Gasteiger partial charge in [-0.15, -0.1) is 0 Å². The fraction of sp³-hybridized carbons (Fsp3) is 0.462. The second-order valence-electron chi connectivity index (χ2n) is 4.68. The van der Waals surface area contributed by atoms with Gasteiger partial charge in [-0.1, -0.05) is 19.1 Å². The molecule has 1 heterocycles. The maximum atomic E-state index is 11.9. The molecule has 1 amide bonds. The highest BCUT2D eigenvalue weighted by Crippen LogP contribution is 2.32. The normalized spacial score (nSPS) is 19.8. The molecule has 1 aromatic carbocycles. The summed E-state index contributed by atoms with van der Waals surface area (Å²) in [6.07, 6.45) is 0. The second-order valence-corrected chi connectivity index (χ2v) is 4.68. The van der Waals surface area contributed by atoms with Crippen LogP contribution in [-0.4, -0.2) is 32.6 Å². The van der Waals surface area contributed by atoms with Crippen molar-refractivity contribution in [3.63, 3.8) is 0 Å². The van der Waals surface area contributed by atoms with E-state index < -0.39 is 0 Å². The lowest BCUT2D eigenvalue weighted by Gasteiger charge is -2.23. The van der Waals surface area contributed by atoms with E-state index in [-0.39, 0.29) is 12.5 Å². The molecule has 0 aliphatic carbocycles. The molecule has 0 spiro atoms. The van der Waals surface area contributed by atoms with Gasteiger partial charge in [0.1, 0.15) is 0 Å². The Morgan fingerprint density at radius 1 is 1.35 bits per heavy atom. The van der Waals surface area contributed by atoms with Gasteiger partial charge in [0.15, 0.2) is 0 Å². The molecule has 0 bridgehead atoms. The van der Waals surface area contributed by atoms with Crippen molar-refractivity contribution in [3.8, 4) is 0 Å². The first-order valence-electron chi connectivity index (χ1n) is 5.94. The third-order valence-electron chi connectivity index (χ3n) is 3.14. The van der Waals surface area contributed by atoms with Gasteiger partial charge in [-0.25, -0.2) is 0 Å². The standard InChI is InChI=1S/C13H19N3O/c1-10-8-15(2)11-5-3-4-6-12(11)16(9-10)13(17)7-14/h3-6,10H,7-9,14H2,1-2H3/t10-/m1/s1. The number of hydrogen-bond acceptors (Lipinski definition) is 3. The first kappa shape index (κ1) is 11.9. The Hall–Kier alpha value is -1.55. The van der Waals surface area contributed by atoms with Gasteiger partial charge in [0.05, 0.1) is 17.9 Å². The molecular formula is C13H19N3O. The highest BCUT2D eigenvalue weighted by molar-refractivity contribution is 5.98. The van der Waals surface area contributed by atoms with Crippen LogP contribution in [0, 0.1) is 5.92 Å². The molecule has 0 saturated heterocycles. The van der Waals surface area contributed by atoms with Gasteiger partial charge < -0.3 is 15.5 Å². The number of benzene rings is 1. The summed E-state index contributed by atoms with van der Waals surface area (Å²) < 4.78 is 0. The van der Waals surface area contributed by atoms with E-state index in [1.165, 1.54) is 0 Å². The van der Waals surface area contributed by atoms with Crippen LogP contribution >= 0.6 is 0 Å². The summed E-state index contributed by atoms with van der Waals surface area (Å²) in [5, 5.41) is 0. The number of nitrogens with two attached hydrogens (primary N) is 1. The predicted molar refractivity (Wildman–Crippen MR) is 70.3 cm³/mol. The Bertz CT molecular complexity index is 419. The van der Waals surface area contributed by atoms with Crippen molar-refractivity contribution in [1.82, 2.24) is 0 Å². The van der Waals surface area contributed by atoms with Crippen molar-refractivity contribution in [2.24, 2.45) is 11.7 Å². The summed E-state index contributed by atoms with van der Waals surface area (Å²) in [6.45, 7) is 3.90. The first-order chi connectivity index (χ1) is 8.13. The van der Waals surface area contributed by atoms with Crippen LogP contribution in [0.1, 0.15) is 6.92 Å². The number of fused-ring (bicyclic) bond motifs is 1. The molecule has 1 atom stereocenters. The predicted octanol–water partition coefficient (Wildman–Crippen LogP) is 1.06. The van der Waals surface area contributed by atoms with Crippen LogP contribution in [0.4, 0.5) is 11.4 Å². The fourth-order valence-corrected chi connectivity index (χ4v) is 2.40. The summed E-state index contributed by atoms with van der Waals surface area (Å²) in [5.74, 6) is 0.419. The van der Waals surface area contributed by atoms with E-state index >= 15 is 0 Å². The topological polar surface area (TPSA) is 49.6 Å². The smallest absolute Gasteiger partial charge is 0.240 e. The third kappa shape index (κ3) is 2.26. The zero-order chi connectivity index (χ0) is 12.4. The Morgan fingerprint density at radius 2 is 2.00 bits per heavy atom. The van der Waals surface area contributed by atoms with Gasteiger partial charge in [-0.3, -0.25) is 4.79 Å². The van der Waals surface area contributed by atoms with Gasteiger partial charge in [0.2, 0.25) is 5.91 Å². The highest BCUT2D eigenvalue weighted by atomic mass is 16.2. The van der Waals surface area contributed by atoms with Gasteiger partial charge in [-0.2, -0.15) is 0 Å². The van der Waals surface area contributed by atoms with E-state index in [1.54, 1.807) is 0 Å². The molecule has 17 heavy (non-hydrogen) atoms. The molecule has 2 rings (SSSR count). The molecule has 0 radical (unpaired) electrons. The van der Waals surface area contributed by atoms with Crippen molar-refractivity contribution in [2.45, 2.75) is 6.92 Å². The summed E-state index contributed by atoms with van der Waals surface area (Å²) >= 11 is 0. The van der Waals surface area contributed by atoms with Crippen molar-refractivity contribution < 1.29 is 4.79 Å². The lowest BCUT2D eigenvalue weighted by Crippen LogP contribution is -2.38. The Kier molecular flexibility index (Phi) is 3.33. The molecule has 2 N–H and O–H groups in total. The lowest BCUT2D eigenvalue weighted by atomic mass is 10.1. The zero-order valence-corrected chi connectivity index (χ0v) is 10.4. The molecular weight excluding hydrogens is 214 g/mol. The highest BCUT2D eigenvalue weighted by Gasteiger charge is 2.25. The van der Waals surface area contributed by atoms with Crippen molar-refractivity contribution >= 4 is 17.3 Å². The van der Waals surface area contributed by atoms with Gasteiger partial charge >= 0.3 is 0 Å². The SMILES string of the molecule is C[C@@H]1CN(C)c2ccccc2N(C(=O)CN)C1. The van der Waals surface area contributed by atoms with Crippen LogP contribution in [0.15, 0.2) is 24.3 Å². The Labute approximate surface area is 102 Å². The molecule has 4 nitrogen and oxygen atoms in total. The van der Waals surface area contributed by atoms with E-state index in [2.05, 4.69) is 18.9 Å². The minimum Gasteiger partial charge on any atom is -0.373 e. The summed E-state index contributed by atoms with van der Waals surface area (Å²) in [7, 11) is 2.06. The number of carbonyl (C=O) groups is 1. The average Bonchev–Trinajstić information content (AvgIpc) is 2.46. The maximum Gasteiger partial charge on any atom is 0.240 e. The Balaban J connectivity index is 2.45. The molecule has 4 heteroatoms. The Morgan fingerprint density at radius 3 is 2.65 bits per heavy atom. The number of hydrogen-bond donors (Lipinski definition) is 1. The van der Waals surface area contributed by atoms with Crippen molar-refractivity contribution in [2.75, 3.05) is 36.5 Å². The van der Waals surface area contributed by atoms with Crippen LogP contribution in [0.25, 0.3) is 0 Å². The van der Waals surface area contributed by atoms with E-state index in [0.29, 0.717) is 5.92 Å². The summed E-state index contributed by atoms with van der Waals surface area (Å²) in [4.78, 5) is 15.9. The van der Waals surface area contributed by atoms with Crippen LogP contribution in [0.3, 0.4) is 0 Å². The summed E-state index contributed by atoms with van der Waals surface area (Å²) in [5.41, 5.74) is 7.55. The number of para-hydroxylation sites is 2. The number of nitrogens with zero attached hydrogens (tertiary/aromatic N) is 2. The van der Waals surface area contributed by atoms with E-state index in [0.717, 1.165) is 24.5 Å². The molecule has 0 unspecified atom stereocenters. The van der Waals surface area contributed by atoms with Crippen LogP contribution in [0.5, 0.6) is 0 Å². The molecule has 1 aromatic rings. The maximum absolute atomic E-state index is 11.9. The van der Waals surface area contributed by atoms with Gasteiger partial charge in [-0.05, 0) is 18.1 Å². The van der Waals surface area contributed by atoms with E-state index in [9.17, 15) is 4.79 Å². The molecule has 92 valence electrons.